The molecule has 2 rings (SSSR count). The third-order valence-electron chi connectivity index (χ3n) is 2.37. The lowest BCUT2D eigenvalue weighted by Gasteiger charge is -2.07. The van der Waals surface area contributed by atoms with Crippen LogP contribution >= 0.6 is 34.5 Å². The number of hydrogen-bond donors (Lipinski definition) is 0. The second kappa shape index (κ2) is 5.22. The minimum atomic E-state index is 0.0390. The first-order valence-corrected chi connectivity index (χ1v) is 6.73. The van der Waals surface area contributed by atoms with Gasteiger partial charge in [0.15, 0.2) is 0 Å². The first-order chi connectivity index (χ1) is 7.65. The standard InChI is InChI=1S/C13H12Cl2S/c1-9-5-6-13(16-9)12(15)8-10-3-2-4-11(14)7-10/h2-7,12H,8H2,1H3. The lowest BCUT2D eigenvalue weighted by atomic mass is 10.1. The lowest BCUT2D eigenvalue weighted by Crippen LogP contribution is -1.93. The van der Waals surface area contributed by atoms with Crippen LogP contribution in [0.2, 0.25) is 5.02 Å². The molecule has 2 aromatic rings. The molecule has 3 heteroatoms. The Labute approximate surface area is 110 Å². The predicted molar refractivity (Wildman–Crippen MR) is 72.8 cm³/mol. The van der Waals surface area contributed by atoms with Gasteiger partial charge in [0.25, 0.3) is 0 Å². The molecule has 0 fully saturated rings. The molecule has 0 bridgehead atoms. The molecular formula is C13H12Cl2S. The SMILES string of the molecule is Cc1ccc(C(Cl)Cc2cccc(Cl)c2)s1. The van der Waals surface area contributed by atoms with Crippen LogP contribution in [0.15, 0.2) is 36.4 Å². The van der Waals surface area contributed by atoms with Crippen LogP contribution in [0.5, 0.6) is 0 Å². The number of alkyl halides is 1. The topological polar surface area (TPSA) is 0 Å². The molecule has 0 aliphatic carbocycles. The number of benzene rings is 1. The Kier molecular flexibility index (Phi) is 3.91. The van der Waals surface area contributed by atoms with Crippen molar-refractivity contribution in [3.63, 3.8) is 0 Å². The monoisotopic (exact) mass is 270 g/mol. The van der Waals surface area contributed by atoms with Gasteiger partial charge in [-0.15, -0.1) is 22.9 Å². The molecule has 0 spiro atoms. The molecule has 16 heavy (non-hydrogen) atoms. The second-order valence-electron chi connectivity index (χ2n) is 3.75. The molecule has 0 N–H and O–H groups in total. The van der Waals surface area contributed by atoms with E-state index in [2.05, 4.69) is 25.1 Å². The van der Waals surface area contributed by atoms with Gasteiger partial charge in [0.1, 0.15) is 0 Å². The zero-order valence-corrected chi connectivity index (χ0v) is 11.2. The Morgan fingerprint density at radius 2 is 2.06 bits per heavy atom. The molecule has 1 atom stereocenters. The molecule has 0 aliphatic heterocycles. The minimum Gasteiger partial charge on any atom is -0.144 e. The maximum Gasteiger partial charge on any atom is 0.0718 e. The summed E-state index contributed by atoms with van der Waals surface area (Å²) in [5, 5.41) is 0.806. The van der Waals surface area contributed by atoms with Crippen LogP contribution in [-0.2, 0) is 6.42 Å². The van der Waals surface area contributed by atoms with Gasteiger partial charge in [-0.1, -0.05) is 23.7 Å². The molecular weight excluding hydrogens is 259 g/mol. The van der Waals surface area contributed by atoms with Crippen molar-refractivity contribution in [3.05, 3.63) is 56.7 Å². The van der Waals surface area contributed by atoms with Gasteiger partial charge in [0.05, 0.1) is 5.38 Å². The average Bonchev–Trinajstić information content (AvgIpc) is 2.65. The van der Waals surface area contributed by atoms with E-state index in [0.29, 0.717) is 0 Å². The average molecular weight is 271 g/mol. The summed E-state index contributed by atoms with van der Waals surface area (Å²) in [7, 11) is 0. The highest BCUT2D eigenvalue weighted by molar-refractivity contribution is 7.12. The number of rotatable bonds is 3. The third-order valence-corrected chi connectivity index (χ3v) is 4.24. The second-order valence-corrected chi connectivity index (χ2v) is 6.03. The molecule has 0 saturated carbocycles. The van der Waals surface area contributed by atoms with Crippen LogP contribution in [-0.4, -0.2) is 0 Å². The van der Waals surface area contributed by atoms with Crippen molar-refractivity contribution in [1.82, 2.24) is 0 Å². The Morgan fingerprint density at radius 3 is 2.69 bits per heavy atom. The van der Waals surface area contributed by atoms with Gasteiger partial charge in [-0.25, -0.2) is 0 Å². The molecule has 1 unspecified atom stereocenters. The highest BCUT2D eigenvalue weighted by atomic mass is 35.5. The fourth-order valence-electron chi connectivity index (χ4n) is 1.59. The van der Waals surface area contributed by atoms with Crippen molar-refractivity contribution in [2.45, 2.75) is 18.7 Å². The molecule has 1 heterocycles. The van der Waals surface area contributed by atoms with E-state index in [-0.39, 0.29) is 5.38 Å². The van der Waals surface area contributed by atoms with E-state index in [1.807, 2.05) is 18.2 Å². The molecule has 1 aromatic heterocycles. The van der Waals surface area contributed by atoms with E-state index in [0.717, 1.165) is 11.4 Å². The largest absolute Gasteiger partial charge is 0.144 e. The maximum atomic E-state index is 6.37. The summed E-state index contributed by atoms with van der Waals surface area (Å²) in [6, 6.07) is 12.1. The van der Waals surface area contributed by atoms with Gasteiger partial charge in [0.2, 0.25) is 0 Å². The number of halogens is 2. The normalized spacial score (nSPS) is 12.7. The van der Waals surface area contributed by atoms with Crippen LogP contribution in [0.1, 0.15) is 20.7 Å². The van der Waals surface area contributed by atoms with E-state index < -0.39 is 0 Å². The summed E-state index contributed by atoms with van der Waals surface area (Å²) in [6.07, 6.45) is 0.821. The van der Waals surface area contributed by atoms with Gasteiger partial charge >= 0.3 is 0 Å². The summed E-state index contributed by atoms with van der Waals surface area (Å²) < 4.78 is 0. The summed E-state index contributed by atoms with van der Waals surface area (Å²) >= 11 is 14.1. The van der Waals surface area contributed by atoms with Crippen molar-refractivity contribution >= 4 is 34.5 Å². The van der Waals surface area contributed by atoms with Gasteiger partial charge in [-0.3, -0.25) is 0 Å². The van der Waals surface area contributed by atoms with E-state index in [9.17, 15) is 0 Å². The highest BCUT2D eigenvalue weighted by Crippen LogP contribution is 2.31. The summed E-state index contributed by atoms with van der Waals surface area (Å²) in [5.74, 6) is 0. The predicted octanol–water partition coefficient (Wildman–Crippen LogP) is 5.23. The van der Waals surface area contributed by atoms with Crippen LogP contribution < -0.4 is 0 Å². The number of hydrogen-bond acceptors (Lipinski definition) is 1. The van der Waals surface area contributed by atoms with Crippen LogP contribution in [0, 0.1) is 6.92 Å². The third kappa shape index (κ3) is 3.00. The minimum absolute atomic E-state index is 0.0390. The van der Waals surface area contributed by atoms with Crippen molar-refractivity contribution < 1.29 is 0 Å². The van der Waals surface area contributed by atoms with Crippen molar-refractivity contribution in [2.75, 3.05) is 0 Å². The van der Waals surface area contributed by atoms with Crippen LogP contribution in [0.4, 0.5) is 0 Å². The maximum absolute atomic E-state index is 6.37. The Hall–Kier alpha value is -0.500. The molecule has 84 valence electrons. The van der Waals surface area contributed by atoms with Crippen LogP contribution in [0.3, 0.4) is 0 Å². The first-order valence-electron chi connectivity index (χ1n) is 5.10. The summed E-state index contributed by atoms with van der Waals surface area (Å²) in [5.41, 5.74) is 1.18. The smallest absolute Gasteiger partial charge is 0.0718 e. The van der Waals surface area contributed by atoms with Gasteiger partial charge in [-0.05, 0) is 43.2 Å². The fraction of sp³-hybridized carbons (Fsp3) is 0.231. The molecule has 0 saturated heterocycles. The van der Waals surface area contributed by atoms with Gasteiger partial charge in [-0.2, -0.15) is 0 Å². The quantitative estimate of drug-likeness (QED) is 0.670. The van der Waals surface area contributed by atoms with Crippen molar-refractivity contribution in [2.24, 2.45) is 0 Å². The number of thiophene rings is 1. The van der Waals surface area contributed by atoms with E-state index in [4.69, 9.17) is 23.2 Å². The fourth-order valence-corrected chi connectivity index (χ4v) is 3.05. The molecule has 0 amide bonds. The zero-order chi connectivity index (χ0) is 11.5. The molecule has 0 nitrogen and oxygen atoms in total. The van der Waals surface area contributed by atoms with E-state index in [1.165, 1.54) is 15.3 Å². The Morgan fingerprint density at radius 1 is 1.25 bits per heavy atom. The lowest BCUT2D eigenvalue weighted by molar-refractivity contribution is 0.940. The van der Waals surface area contributed by atoms with Gasteiger partial charge in [0, 0.05) is 14.8 Å². The molecule has 0 radical (unpaired) electrons. The first kappa shape index (κ1) is 12.0. The van der Waals surface area contributed by atoms with Crippen LogP contribution in [0.25, 0.3) is 0 Å². The van der Waals surface area contributed by atoms with E-state index >= 15 is 0 Å². The van der Waals surface area contributed by atoms with E-state index in [1.54, 1.807) is 11.3 Å². The number of aryl methyl sites for hydroxylation is 1. The molecule has 1 aromatic carbocycles. The Balaban J connectivity index is 2.10. The van der Waals surface area contributed by atoms with Gasteiger partial charge < -0.3 is 0 Å². The highest BCUT2D eigenvalue weighted by Gasteiger charge is 2.10. The Bertz CT molecular complexity index is 476. The summed E-state index contributed by atoms with van der Waals surface area (Å²) in [6.45, 7) is 2.09. The summed E-state index contributed by atoms with van der Waals surface area (Å²) in [4.78, 5) is 2.52. The zero-order valence-electron chi connectivity index (χ0n) is 8.91. The molecule has 0 aliphatic rings. The van der Waals surface area contributed by atoms with Crippen molar-refractivity contribution in [1.29, 1.82) is 0 Å². The van der Waals surface area contributed by atoms with Crippen molar-refractivity contribution in [3.8, 4) is 0 Å².